The molecule has 1 rings (SSSR count). The summed E-state index contributed by atoms with van der Waals surface area (Å²) in [6, 6.07) is 0. The smallest absolute Gasteiger partial charge is 0.311 e. The Balaban J connectivity index is 2.42. The van der Waals surface area contributed by atoms with E-state index in [1.807, 2.05) is 13.8 Å². The number of nitrogens with one attached hydrogen (secondary N) is 1. The first-order valence-corrected chi connectivity index (χ1v) is 5.92. The summed E-state index contributed by atoms with van der Waals surface area (Å²) in [6.45, 7) is 5.62. The van der Waals surface area contributed by atoms with Crippen molar-refractivity contribution in [3.8, 4) is 0 Å². The van der Waals surface area contributed by atoms with Crippen molar-refractivity contribution in [2.45, 2.75) is 40.0 Å². The molecule has 0 radical (unpaired) electrons. The van der Waals surface area contributed by atoms with Crippen LogP contribution in [0.3, 0.4) is 0 Å². The standard InChI is InChI=1S/C12H21NO3/c1-4-12(3,11(15)16)7-13-10(14)8(2)9-5-6-9/h8-9H,4-7H2,1-3H3,(H,13,14)(H,15,16). The van der Waals surface area contributed by atoms with E-state index in [0.29, 0.717) is 12.3 Å². The van der Waals surface area contributed by atoms with E-state index < -0.39 is 11.4 Å². The second kappa shape index (κ2) is 4.85. The van der Waals surface area contributed by atoms with Crippen molar-refractivity contribution in [3.05, 3.63) is 0 Å². The molecule has 2 unspecified atom stereocenters. The number of aliphatic carboxylic acids is 1. The summed E-state index contributed by atoms with van der Waals surface area (Å²) in [7, 11) is 0. The van der Waals surface area contributed by atoms with Crippen molar-refractivity contribution in [1.29, 1.82) is 0 Å². The van der Waals surface area contributed by atoms with Gasteiger partial charge in [-0.2, -0.15) is 0 Å². The first kappa shape index (κ1) is 13.0. The van der Waals surface area contributed by atoms with Gasteiger partial charge in [0.05, 0.1) is 5.41 Å². The number of carbonyl (C=O) groups is 2. The summed E-state index contributed by atoms with van der Waals surface area (Å²) >= 11 is 0. The van der Waals surface area contributed by atoms with Crippen LogP contribution >= 0.6 is 0 Å². The summed E-state index contributed by atoms with van der Waals surface area (Å²) in [5.74, 6) is -0.328. The van der Waals surface area contributed by atoms with Gasteiger partial charge in [0.2, 0.25) is 5.91 Å². The molecule has 4 nitrogen and oxygen atoms in total. The van der Waals surface area contributed by atoms with Crippen LogP contribution in [0.5, 0.6) is 0 Å². The third kappa shape index (κ3) is 2.97. The molecule has 0 spiro atoms. The lowest BCUT2D eigenvalue weighted by molar-refractivity contribution is -0.148. The summed E-state index contributed by atoms with van der Waals surface area (Å²) in [5.41, 5.74) is -0.848. The summed E-state index contributed by atoms with van der Waals surface area (Å²) < 4.78 is 0. The van der Waals surface area contributed by atoms with Crippen LogP contribution < -0.4 is 5.32 Å². The minimum Gasteiger partial charge on any atom is -0.481 e. The van der Waals surface area contributed by atoms with Gasteiger partial charge in [0.15, 0.2) is 0 Å². The Morgan fingerprint density at radius 2 is 2.06 bits per heavy atom. The maximum atomic E-state index is 11.7. The Kier molecular flexibility index (Phi) is 3.94. The zero-order chi connectivity index (χ0) is 12.3. The van der Waals surface area contributed by atoms with Crippen LogP contribution in [0.4, 0.5) is 0 Å². The van der Waals surface area contributed by atoms with E-state index in [2.05, 4.69) is 5.32 Å². The molecular formula is C12H21NO3. The van der Waals surface area contributed by atoms with Crippen molar-refractivity contribution in [2.75, 3.05) is 6.54 Å². The van der Waals surface area contributed by atoms with Gasteiger partial charge in [-0.15, -0.1) is 0 Å². The van der Waals surface area contributed by atoms with Gasteiger partial charge in [0.25, 0.3) is 0 Å². The molecule has 0 bridgehead atoms. The normalized spacial score (nSPS) is 20.9. The number of hydrogen-bond donors (Lipinski definition) is 2. The van der Waals surface area contributed by atoms with Crippen molar-refractivity contribution >= 4 is 11.9 Å². The van der Waals surface area contributed by atoms with Gasteiger partial charge in [0, 0.05) is 12.5 Å². The third-order valence-electron chi connectivity index (χ3n) is 3.69. The average molecular weight is 227 g/mol. The minimum atomic E-state index is -0.852. The van der Waals surface area contributed by atoms with E-state index >= 15 is 0 Å². The molecule has 0 saturated heterocycles. The van der Waals surface area contributed by atoms with E-state index in [4.69, 9.17) is 5.11 Å². The van der Waals surface area contributed by atoms with Crippen LogP contribution in [0.15, 0.2) is 0 Å². The molecule has 1 saturated carbocycles. The van der Waals surface area contributed by atoms with Gasteiger partial charge in [-0.1, -0.05) is 13.8 Å². The molecule has 0 aromatic heterocycles. The molecule has 0 aromatic rings. The predicted octanol–water partition coefficient (Wildman–Crippen LogP) is 1.65. The summed E-state index contributed by atoms with van der Waals surface area (Å²) in [5, 5.41) is 11.8. The highest BCUT2D eigenvalue weighted by molar-refractivity contribution is 5.80. The molecule has 1 fully saturated rings. The molecule has 0 aliphatic heterocycles. The lowest BCUT2D eigenvalue weighted by Crippen LogP contribution is -2.42. The van der Waals surface area contributed by atoms with Crippen LogP contribution in [0.25, 0.3) is 0 Å². The lowest BCUT2D eigenvalue weighted by atomic mass is 9.87. The average Bonchev–Trinajstić information content (AvgIpc) is 3.07. The van der Waals surface area contributed by atoms with Crippen molar-refractivity contribution in [3.63, 3.8) is 0 Å². The molecule has 1 aliphatic carbocycles. The Hall–Kier alpha value is -1.06. The fourth-order valence-corrected chi connectivity index (χ4v) is 1.61. The molecule has 1 amide bonds. The summed E-state index contributed by atoms with van der Waals surface area (Å²) in [6.07, 6.45) is 2.76. The second-order valence-corrected chi connectivity index (χ2v) is 5.06. The van der Waals surface area contributed by atoms with Crippen molar-refractivity contribution in [2.24, 2.45) is 17.3 Å². The Labute approximate surface area is 96.4 Å². The number of hydrogen-bond acceptors (Lipinski definition) is 2. The van der Waals surface area contributed by atoms with E-state index in [1.54, 1.807) is 6.92 Å². The molecule has 92 valence electrons. The van der Waals surface area contributed by atoms with Gasteiger partial charge in [-0.3, -0.25) is 9.59 Å². The fourth-order valence-electron chi connectivity index (χ4n) is 1.61. The maximum Gasteiger partial charge on any atom is 0.311 e. The van der Waals surface area contributed by atoms with E-state index in [-0.39, 0.29) is 18.4 Å². The van der Waals surface area contributed by atoms with Crippen molar-refractivity contribution in [1.82, 2.24) is 5.32 Å². The van der Waals surface area contributed by atoms with E-state index in [0.717, 1.165) is 12.8 Å². The zero-order valence-electron chi connectivity index (χ0n) is 10.2. The first-order chi connectivity index (χ1) is 7.40. The van der Waals surface area contributed by atoms with Gasteiger partial charge < -0.3 is 10.4 Å². The second-order valence-electron chi connectivity index (χ2n) is 5.06. The van der Waals surface area contributed by atoms with E-state index in [1.165, 1.54) is 0 Å². The highest BCUT2D eigenvalue weighted by Crippen LogP contribution is 2.36. The number of carboxylic acid groups (broad SMARTS) is 1. The molecule has 16 heavy (non-hydrogen) atoms. The Morgan fingerprint density at radius 1 is 1.50 bits per heavy atom. The molecular weight excluding hydrogens is 206 g/mol. The first-order valence-electron chi connectivity index (χ1n) is 5.92. The highest BCUT2D eigenvalue weighted by Gasteiger charge is 2.35. The molecule has 1 aliphatic rings. The molecule has 4 heteroatoms. The van der Waals surface area contributed by atoms with Crippen LogP contribution in [-0.4, -0.2) is 23.5 Å². The largest absolute Gasteiger partial charge is 0.481 e. The van der Waals surface area contributed by atoms with Gasteiger partial charge >= 0.3 is 5.97 Å². The highest BCUT2D eigenvalue weighted by atomic mass is 16.4. The molecule has 0 aromatic carbocycles. The van der Waals surface area contributed by atoms with Gasteiger partial charge in [0.1, 0.15) is 0 Å². The number of amides is 1. The van der Waals surface area contributed by atoms with Gasteiger partial charge in [-0.05, 0) is 32.1 Å². The van der Waals surface area contributed by atoms with Crippen LogP contribution in [-0.2, 0) is 9.59 Å². The number of carbonyl (C=O) groups excluding carboxylic acids is 1. The van der Waals surface area contributed by atoms with Crippen LogP contribution in [0, 0.1) is 17.3 Å². The Morgan fingerprint density at radius 3 is 2.44 bits per heavy atom. The lowest BCUT2D eigenvalue weighted by Gasteiger charge is -2.24. The van der Waals surface area contributed by atoms with E-state index in [9.17, 15) is 9.59 Å². The summed E-state index contributed by atoms with van der Waals surface area (Å²) in [4.78, 5) is 22.7. The Bertz CT molecular complexity index is 286. The molecule has 2 N–H and O–H groups in total. The van der Waals surface area contributed by atoms with Crippen molar-refractivity contribution < 1.29 is 14.7 Å². The SMILES string of the molecule is CCC(C)(CNC(=O)C(C)C1CC1)C(=O)O. The predicted molar refractivity (Wildman–Crippen MR) is 60.9 cm³/mol. The number of rotatable bonds is 6. The molecule has 2 atom stereocenters. The maximum absolute atomic E-state index is 11.7. The number of carboxylic acids is 1. The zero-order valence-corrected chi connectivity index (χ0v) is 10.2. The van der Waals surface area contributed by atoms with Crippen LogP contribution in [0.2, 0.25) is 0 Å². The minimum absolute atomic E-state index is 0.0107. The fraction of sp³-hybridized carbons (Fsp3) is 0.833. The van der Waals surface area contributed by atoms with Crippen LogP contribution in [0.1, 0.15) is 40.0 Å². The third-order valence-corrected chi connectivity index (χ3v) is 3.69. The topological polar surface area (TPSA) is 66.4 Å². The monoisotopic (exact) mass is 227 g/mol. The molecule has 0 heterocycles. The van der Waals surface area contributed by atoms with Gasteiger partial charge in [-0.25, -0.2) is 0 Å². The quantitative estimate of drug-likeness (QED) is 0.725.